The molecule has 1 aromatic heterocycles. The summed E-state index contributed by atoms with van der Waals surface area (Å²) >= 11 is 0. The van der Waals surface area contributed by atoms with E-state index in [1.165, 1.54) is 5.56 Å². The normalized spacial score (nSPS) is 12.1. The monoisotopic (exact) mass is 293 g/mol. The topological polar surface area (TPSA) is 45.7 Å². The van der Waals surface area contributed by atoms with Crippen LogP contribution in [0.2, 0.25) is 0 Å². The standard InChI is InChI=1S/C19H19NO2/c1-12-8-13(2)18(14(3)9-12)20-19-17-7-5-4-6-15(17)10-16(11-21)22-19/h4-10,21H,11H2,1-3H3. The molecule has 1 heterocycles. The predicted molar refractivity (Wildman–Crippen MR) is 88.0 cm³/mol. The van der Waals surface area contributed by atoms with Gasteiger partial charge in [0.2, 0.25) is 5.55 Å². The van der Waals surface area contributed by atoms with Gasteiger partial charge in [0.25, 0.3) is 0 Å². The zero-order valence-corrected chi connectivity index (χ0v) is 13.1. The van der Waals surface area contributed by atoms with E-state index in [1.807, 2.05) is 30.3 Å². The fourth-order valence-electron chi connectivity index (χ4n) is 2.81. The summed E-state index contributed by atoms with van der Waals surface area (Å²) in [6.45, 7) is 6.04. The molecule has 1 N–H and O–H groups in total. The van der Waals surface area contributed by atoms with Crippen molar-refractivity contribution in [1.29, 1.82) is 0 Å². The lowest BCUT2D eigenvalue weighted by Gasteiger charge is -2.07. The van der Waals surface area contributed by atoms with Crippen LogP contribution in [0.3, 0.4) is 0 Å². The van der Waals surface area contributed by atoms with Crippen LogP contribution >= 0.6 is 0 Å². The van der Waals surface area contributed by atoms with Crippen molar-refractivity contribution in [2.24, 2.45) is 4.99 Å². The molecule has 0 amide bonds. The van der Waals surface area contributed by atoms with E-state index in [9.17, 15) is 5.11 Å². The molecule has 0 saturated carbocycles. The van der Waals surface area contributed by atoms with Gasteiger partial charge in [-0.2, -0.15) is 0 Å². The quantitative estimate of drug-likeness (QED) is 0.773. The maximum Gasteiger partial charge on any atom is 0.227 e. The van der Waals surface area contributed by atoms with Crippen LogP contribution in [0.1, 0.15) is 22.5 Å². The Bertz CT molecular complexity index is 884. The van der Waals surface area contributed by atoms with Gasteiger partial charge in [0.1, 0.15) is 12.4 Å². The molecular weight excluding hydrogens is 274 g/mol. The molecule has 0 unspecified atom stereocenters. The second-order valence-electron chi connectivity index (χ2n) is 5.62. The molecule has 0 fully saturated rings. The minimum absolute atomic E-state index is 0.140. The van der Waals surface area contributed by atoms with Crippen LogP contribution in [0.25, 0.3) is 10.8 Å². The molecule has 112 valence electrons. The Morgan fingerprint density at radius 2 is 1.68 bits per heavy atom. The van der Waals surface area contributed by atoms with Crippen molar-refractivity contribution in [3.8, 4) is 0 Å². The molecule has 3 nitrogen and oxygen atoms in total. The summed E-state index contributed by atoms with van der Waals surface area (Å²) in [5.74, 6) is 0.514. The molecule has 3 rings (SSSR count). The van der Waals surface area contributed by atoms with Gasteiger partial charge >= 0.3 is 0 Å². The minimum atomic E-state index is -0.140. The Labute approximate surface area is 129 Å². The summed E-state index contributed by atoms with van der Waals surface area (Å²) in [4.78, 5) is 4.74. The van der Waals surface area contributed by atoms with Crippen molar-refractivity contribution in [2.75, 3.05) is 0 Å². The Morgan fingerprint density at radius 1 is 1.00 bits per heavy atom. The molecule has 0 aliphatic carbocycles. The van der Waals surface area contributed by atoms with Crippen LogP contribution in [0.15, 0.2) is 51.9 Å². The van der Waals surface area contributed by atoms with E-state index in [4.69, 9.17) is 9.41 Å². The number of benzene rings is 2. The largest absolute Gasteiger partial charge is 0.440 e. The molecule has 3 heteroatoms. The van der Waals surface area contributed by atoms with Crippen molar-refractivity contribution in [3.63, 3.8) is 0 Å². The van der Waals surface area contributed by atoms with Gasteiger partial charge in [0.15, 0.2) is 0 Å². The van der Waals surface area contributed by atoms with Crippen molar-refractivity contribution in [3.05, 3.63) is 70.5 Å². The fraction of sp³-hybridized carbons (Fsp3) is 0.211. The van der Waals surface area contributed by atoms with Crippen LogP contribution in [0.5, 0.6) is 0 Å². The molecule has 2 aromatic carbocycles. The molecule has 0 atom stereocenters. The van der Waals surface area contributed by atoms with Gasteiger partial charge in [-0.05, 0) is 49.4 Å². The van der Waals surface area contributed by atoms with Crippen LogP contribution < -0.4 is 5.55 Å². The highest BCUT2D eigenvalue weighted by molar-refractivity contribution is 5.81. The van der Waals surface area contributed by atoms with Gasteiger partial charge in [-0.1, -0.05) is 35.9 Å². The van der Waals surface area contributed by atoms with Crippen molar-refractivity contribution >= 4 is 16.5 Å². The van der Waals surface area contributed by atoms with E-state index in [0.717, 1.165) is 27.6 Å². The van der Waals surface area contributed by atoms with E-state index in [-0.39, 0.29) is 6.61 Å². The summed E-state index contributed by atoms with van der Waals surface area (Å²) in [7, 11) is 0. The summed E-state index contributed by atoms with van der Waals surface area (Å²) in [5.41, 5.74) is 4.92. The Balaban J connectivity index is 2.34. The molecule has 0 bridgehead atoms. The number of hydrogen-bond acceptors (Lipinski definition) is 3. The van der Waals surface area contributed by atoms with Crippen molar-refractivity contribution in [2.45, 2.75) is 27.4 Å². The molecule has 22 heavy (non-hydrogen) atoms. The van der Waals surface area contributed by atoms with Gasteiger partial charge < -0.3 is 9.52 Å². The van der Waals surface area contributed by atoms with E-state index in [2.05, 4.69) is 32.9 Å². The second kappa shape index (κ2) is 5.78. The van der Waals surface area contributed by atoms with Gasteiger partial charge in [0, 0.05) is 5.39 Å². The average molecular weight is 293 g/mol. The van der Waals surface area contributed by atoms with Crippen LogP contribution in [-0.2, 0) is 6.61 Å². The first-order chi connectivity index (χ1) is 10.6. The molecule has 0 aliphatic rings. The number of aliphatic hydroxyl groups excluding tert-OH is 1. The smallest absolute Gasteiger partial charge is 0.227 e. The third-order valence-corrected chi connectivity index (χ3v) is 3.74. The van der Waals surface area contributed by atoms with E-state index in [1.54, 1.807) is 0 Å². The molecule has 0 aliphatic heterocycles. The van der Waals surface area contributed by atoms with Crippen LogP contribution in [0.4, 0.5) is 5.69 Å². The number of rotatable bonds is 2. The number of aryl methyl sites for hydroxylation is 3. The highest BCUT2D eigenvalue weighted by atomic mass is 16.4. The lowest BCUT2D eigenvalue weighted by Crippen LogP contribution is -2.05. The zero-order chi connectivity index (χ0) is 15.7. The first-order valence-corrected chi connectivity index (χ1v) is 7.33. The van der Waals surface area contributed by atoms with Crippen molar-refractivity contribution in [1.82, 2.24) is 0 Å². The summed E-state index contributed by atoms with van der Waals surface area (Å²) in [6.07, 6.45) is 0. The lowest BCUT2D eigenvalue weighted by molar-refractivity contribution is 0.240. The number of fused-ring (bicyclic) bond motifs is 1. The zero-order valence-electron chi connectivity index (χ0n) is 13.1. The Hall–Kier alpha value is -2.39. The average Bonchev–Trinajstić information content (AvgIpc) is 2.50. The Kier molecular flexibility index (Phi) is 3.82. The highest BCUT2D eigenvalue weighted by Crippen LogP contribution is 2.25. The maximum atomic E-state index is 9.40. The number of aliphatic hydroxyl groups is 1. The molecule has 3 aromatic rings. The van der Waals surface area contributed by atoms with Gasteiger partial charge in [0.05, 0.1) is 5.69 Å². The lowest BCUT2D eigenvalue weighted by atomic mass is 10.1. The summed E-state index contributed by atoms with van der Waals surface area (Å²) < 4.78 is 5.77. The van der Waals surface area contributed by atoms with Crippen LogP contribution in [0, 0.1) is 20.8 Å². The first-order valence-electron chi connectivity index (χ1n) is 7.33. The minimum Gasteiger partial charge on any atom is -0.440 e. The fourth-order valence-corrected chi connectivity index (χ4v) is 2.81. The SMILES string of the molecule is Cc1cc(C)c(N=c2oc(CO)cc3ccccc23)c(C)c1. The van der Waals surface area contributed by atoms with Crippen LogP contribution in [-0.4, -0.2) is 5.11 Å². The second-order valence-corrected chi connectivity index (χ2v) is 5.62. The third kappa shape index (κ3) is 2.68. The van der Waals surface area contributed by atoms with Gasteiger partial charge in [-0.3, -0.25) is 0 Å². The summed E-state index contributed by atoms with van der Waals surface area (Å²) in [6, 6.07) is 14.0. The molecular formula is C19H19NO2. The molecule has 0 spiro atoms. The highest BCUT2D eigenvalue weighted by Gasteiger charge is 2.06. The third-order valence-electron chi connectivity index (χ3n) is 3.74. The van der Waals surface area contributed by atoms with E-state index < -0.39 is 0 Å². The number of nitrogens with zero attached hydrogens (tertiary/aromatic N) is 1. The van der Waals surface area contributed by atoms with Crippen molar-refractivity contribution < 1.29 is 9.52 Å². The number of hydrogen-bond donors (Lipinski definition) is 1. The predicted octanol–water partition coefficient (Wildman–Crippen LogP) is 4.08. The van der Waals surface area contributed by atoms with Gasteiger partial charge in [-0.15, -0.1) is 0 Å². The Morgan fingerprint density at radius 3 is 2.36 bits per heavy atom. The first kappa shape index (κ1) is 14.5. The van der Waals surface area contributed by atoms with E-state index in [0.29, 0.717) is 11.3 Å². The van der Waals surface area contributed by atoms with Gasteiger partial charge in [-0.25, -0.2) is 4.99 Å². The van der Waals surface area contributed by atoms with E-state index >= 15 is 0 Å². The molecule has 0 radical (unpaired) electrons. The molecule has 0 saturated heterocycles. The summed E-state index contributed by atoms with van der Waals surface area (Å²) in [5, 5.41) is 11.4. The maximum absolute atomic E-state index is 9.40.